The summed E-state index contributed by atoms with van der Waals surface area (Å²) in [6, 6.07) is -0.0993. The van der Waals surface area contributed by atoms with Gasteiger partial charge in [-0.1, -0.05) is 11.6 Å². The normalized spacial score (nSPS) is 12.3. The summed E-state index contributed by atoms with van der Waals surface area (Å²) in [4.78, 5) is 39.7. The number of rotatable bonds is 5. The monoisotopic (exact) mass is 488 g/mol. The van der Waals surface area contributed by atoms with Gasteiger partial charge < -0.3 is 10.6 Å². The van der Waals surface area contributed by atoms with Crippen molar-refractivity contribution in [3.8, 4) is 0 Å². The Balaban J connectivity index is 1.70. The van der Waals surface area contributed by atoms with Gasteiger partial charge >= 0.3 is 6.18 Å². The first kappa shape index (κ1) is 23.5. The minimum atomic E-state index is -4.72. The van der Waals surface area contributed by atoms with Crippen molar-refractivity contribution in [2.45, 2.75) is 26.1 Å². The lowest BCUT2D eigenvalue weighted by molar-refractivity contribution is -0.137. The molecule has 0 aliphatic heterocycles. The van der Waals surface area contributed by atoms with E-state index in [0.717, 1.165) is 23.9 Å². The number of nitrogens with zero attached hydrogens (tertiary/aromatic N) is 4. The van der Waals surface area contributed by atoms with E-state index in [1.807, 2.05) is 0 Å². The van der Waals surface area contributed by atoms with Crippen LogP contribution in [0.25, 0.3) is 0 Å². The van der Waals surface area contributed by atoms with Gasteiger partial charge in [-0.2, -0.15) is 13.2 Å². The molecule has 3 aromatic heterocycles. The second-order valence-corrected chi connectivity index (χ2v) is 7.85. The first-order chi connectivity index (χ1) is 15.0. The summed E-state index contributed by atoms with van der Waals surface area (Å²) in [5.41, 5.74) is -1.57. The maximum absolute atomic E-state index is 14.0. The van der Waals surface area contributed by atoms with Crippen LogP contribution in [0.2, 0.25) is 5.02 Å². The Kier molecular flexibility index (Phi) is 6.69. The van der Waals surface area contributed by atoms with Gasteiger partial charge in [0.2, 0.25) is 0 Å². The van der Waals surface area contributed by atoms with E-state index < -0.39 is 46.1 Å². The number of halogens is 5. The number of pyridine rings is 1. The van der Waals surface area contributed by atoms with Crippen LogP contribution in [0.4, 0.5) is 23.4 Å². The molecule has 1 atom stereocenters. The first-order valence-electron chi connectivity index (χ1n) is 8.75. The predicted molar refractivity (Wildman–Crippen MR) is 107 cm³/mol. The summed E-state index contributed by atoms with van der Waals surface area (Å²) in [5.74, 6) is -2.76. The van der Waals surface area contributed by atoms with Crippen LogP contribution >= 0.6 is 22.9 Å². The van der Waals surface area contributed by atoms with Gasteiger partial charge in [0.1, 0.15) is 22.0 Å². The molecule has 8 nitrogen and oxygen atoms in total. The number of anilines is 1. The lowest BCUT2D eigenvalue weighted by Gasteiger charge is -2.11. The molecule has 0 fully saturated rings. The van der Waals surface area contributed by atoms with Gasteiger partial charge in [-0.05, 0) is 19.9 Å². The molecule has 0 aliphatic carbocycles. The van der Waals surface area contributed by atoms with Gasteiger partial charge in [0, 0.05) is 6.20 Å². The zero-order valence-corrected chi connectivity index (χ0v) is 17.9. The minimum Gasteiger partial charge on any atom is -0.342 e. The van der Waals surface area contributed by atoms with Crippen molar-refractivity contribution in [1.29, 1.82) is 0 Å². The number of hydrogen-bond acceptors (Lipinski definition) is 7. The van der Waals surface area contributed by atoms with Crippen LogP contribution < -0.4 is 10.6 Å². The van der Waals surface area contributed by atoms with E-state index in [2.05, 4.69) is 30.6 Å². The number of amides is 2. The lowest BCUT2D eigenvalue weighted by Crippen LogP contribution is -2.28. The number of aryl methyl sites for hydroxylation is 1. The smallest absolute Gasteiger partial charge is 0.342 e. The zero-order valence-electron chi connectivity index (χ0n) is 16.3. The van der Waals surface area contributed by atoms with Gasteiger partial charge in [0.05, 0.1) is 28.5 Å². The number of thiazole rings is 1. The number of alkyl halides is 3. The molecule has 0 spiro atoms. The topological polar surface area (TPSA) is 110 Å². The van der Waals surface area contributed by atoms with Gasteiger partial charge in [-0.25, -0.2) is 24.3 Å². The molecule has 3 rings (SSSR count). The van der Waals surface area contributed by atoms with E-state index in [1.165, 1.54) is 13.1 Å². The highest BCUT2D eigenvalue weighted by Gasteiger charge is 2.34. The Morgan fingerprint density at radius 3 is 2.53 bits per heavy atom. The lowest BCUT2D eigenvalue weighted by atomic mass is 10.2. The zero-order chi connectivity index (χ0) is 23.6. The second-order valence-electron chi connectivity index (χ2n) is 6.38. The van der Waals surface area contributed by atoms with Gasteiger partial charge in [-0.3, -0.25) is 9.59 Å². The van der Waals surface area contributed by atoms with Crippen LogP contribution in [0.15, 0.2) is 24.8 Å². The van der Waals surface area contributed by atoms with Gasteiger partial charge in [-0.15, -0.1) is 11.3 Å². The van der Waals surface area contributed by atoms with Crippen LogP contribution in [0.1, 0.15) is 49.4 Å². The molecule has 168 valence electrons. The van der Waals surface area contributed by atoms with E-state index in [9.17, 15) is 27.2 Å². The van der Waals surface area contributed by atoms with E-state index in [1.54, 1.807) is 6.92 Å². The largest absolute Gasteiger partial charge is 0.418 e. The highest BCUT2D eigenvalue weighted by Crippen LogP contribution is 2.35. The third kappa shape index (κ3) is 5.16. The van der Waals surface area contributed by atoms with Crippen LogP contribution in [0.3, 0.4) is 0 Å². The van der Waals surface area contributed by atoms with E-state index in [-0.39, 0.29) is 16.4 Å². The standard InChI is InChI=1S/C18H13ClF4N6O2S/c1-7-13(20)14(27-6-26-7)16(31)28-8(2)17-25-5-11(32-17)15(30)29-12-3-9(18(21,22)23)10(19)4-24-12/h3-6,8H,1-2H3,(H,28,31)(H,24,29,30). The number of carbonyl (C=O) groups excluding carboxylic acids is 2. The third-order valence-corrected chi connectivity index (χ3v) is 5.53. The molecule has 2 amide bonds. The fraction of sp³-hybridized carbons (Fsp3) is 0.222. The molecule has 0 aromatic carbocycles. The number of nitrogens with one attached hydrogen (secondary N) is 2. The van der Waals surface area contributed by atoms with E-state index in [0.29, 0.717) is 11.1 Å². The van der Waals surface area contributed by atoms with Gasteiger partial charge in [0.25, 0.3) is 11.8 Å². The SMILES string of the molecule is Cc1ncnc(C(=O)NC(C)c2ncc(C(=O)Nc3cc(C(F)(F)F)c(Cl)cn3)s2)c1F. The molecular weight excluding hydrogens is 476 g/mol. The van der Waals surface area contributed by atoms with Crippen LogP contribution in [-0.4, -0.2) is 31.8 Å². The second kappa shape index (κ2) is 9.12. The summed E-state index contributed by atoms with van der Waals surface area (Å²) >= 11 is 6.39. The Labute approximate surface area is 187 Å². The van der Waals surface area contributed by atoms with E-state index in [4.69, 9.17) is 11.6 Å². The molecule has 32 heavy (non-hydrogen) atoms. The van der Waals surface area contributed by atoms with E-state index >= 15 is 0 Å². The summed E-state index contributed by atoms with van der Waals surface area (Å²) in [7, 11) is 0. The molecule has 0 saturated heterocycles. The van der Waals surface area contributed by atoms with Crippen LogP contribution in [0, 0.1) is 12.7 Å². The maximum Gasteiger partial charge on any atom is 0.418 e. The molecule has 2 N–H and O–H groups in total. The predicted octanol–water partition coefficient (Wildman–Crippen LogP) is 4.19. The van der Waals surface area contributed by atoms with Crippen LogP contribution in [-0.2, 0) is 6.18 Å². The molecule has 0 radical (unpaired) electrons. The molecule has 3 heterocycles. The third-order valence-electron chi connectivity index (χ3n) is 4.05. The van der Waals surface area contributed by atoms with Crippen LogP contribution in [0.5, 0.6) is 0 Å². The van der Waals surface area contributed by atoms with Crippen molar-refractivity contribution in [2.24, 2.45) is 0 Å². The van der Waals surface area contributed by atoms with Crippen molar-refractivity contribution in [2.75, 3.05) is 5.32 Å². The molecule has 0 saturated carbocycles. The highest BCUT2D eigenvalue weighted by molar-refractivity contribution is 7.13. The number of carbonyl (C=O) groups is 2. The number of hydrogen-bond donors (Lipinski definition) is 2. The fourth-order valence-corrected chi connectivity index (χ4v) is 3.46. The summed E-state index contributed by atoms with van der Waals surface area (Å²) in [6.07, 6.45) is -1.69. The highest BCUT2D eigenvalue weighted by atomic mass is 35.5. The average Bonchev–Trinajstić information content (AvgIpc) is 3.21. The van der Waals surface area contributed by atoms with Gasteiger partial charge in [0.15, 0.2) is 11.5 Å². The Morgan fingerprint density at radius 1 is 1.12 bits per heavy atom. The van der Waals surface area contributed by atoms with Crippen molar-refractivity contribution < 1.29 is 27.2 Å². The quantitative estimate of drug-likeness (QED) is 0.521. The van der Waals surface area contributed by atoms with Crippen molar-refractivity contribution in [1.82, 2.24) is 25.3 Å². The molecule has 3 aromatic rings. The Hall–Kier alpha value is -3.19. The Bertz CT molecular complexity index is 1190. The first-order valence-corrected chi connectivity index (χ1v) is 9.94. The fourth-order valence-electron chi connectivity index (χ4n) is 2.44. The average molecular weight is 489 g/mol. The van der Waals surface area contributed by atoms with Crippen molar-refractivity contribution >= 4 is 40.6 Å². The summed E-state index contributed by atoms with van der Waals surface area (Å²) in [5, 5.41) is 4.45. The maximum atomic E-state index is 14.0. The molecule has 0 aliphatic rings. The van der Waals surface area contributed by atoms with Crippen molar-refractivity contribution in [3.63, 3.8) is 0 Å². The Morgan fingerprint density at radius 2 is 1.84 bits per heavy atom. The number of aromatic nitrogens is 4. The summed E-state index contributed by atoms with van der Waals surface area (Å²) < 4.78 is 52.9. The molecular formula is C18H13ClF4N6O2S. The molecule has 1 unspecified atom stereocenters. The molecule has 0 bridgehead atoms. The summed E-state index contributed by atoms with van der Waals surface area (Å²) in [6.45, 7) is 2.94. The minimum absolute atomic E-state index is 0.00972. The molecule has 14 heteroatoms. The van der Waals surface area contributed by atoms with Crippen molar-refractivity contribution in [3.05, 3.63) is 62.5 Å².